The summed E-state index contributed by atoms with van der Waals surface area (Å²) in [5.74, 6) is -0.0355. The van der Waals surface area contributed by atoms with Crippen LogP contribution in [0.4, 0.5) is 13.2 Å². The molecular formula is C9H10BF3O4. The first-order valence-electron chi connectivity index (χ1n) is 4.03. The quantitative estimate of drug-likeness (QED) is 0.594. The second kappa shape index (κ2) is 7.15. The maximum Gasteiger partial charge on any atom is -0.870 e. The van der Waals surface area contributed by atoms with Crippen LogP contribution in [0.15, 0.2) is 18.2 Å². The molecule has 2 N–H and O–H groups in total. The second-order valence-corrected chi connectivity index (χ2v) is 2.80. The second-order valence-electron chi connectivity index (χ2n) is 2.80. The predicted molar refractivity (Wildman–Crippen MR) is 53.2 cm³/mol. The summed E-state index contributed by atoms with van der Waals surface area (Å²) in [6.07, 6.45) is -4.40. The molecule has 0 aliphatic carbocycles. The topological polar surface area (TPSA) is 78.5 Å². The number of hydrogen-bond donors (Lipinski definition) is 0. The Morgan fingerprint density at radius 1 is 1.24 bits per heavy atom. The van der Waals surface area contributed by atoms with Crippen LogP contribution in [-0.2, 0) is 10.9 Å². The Hall–Kier alpha value is -1.25. The van der Waals surface area contributed by atoms with Crippen molar-refractivity contribution in [2.24, 2.45) is 0 Å². The van der Waals surface area contributed by atoms with Crippen molar-refractivity contribution in [2.45, 2.75) is 6.18 Å². The zero-order valence-corrected chi connectivity index (χ0v) is 8.86. The SMILES string of the molecule is [B+2]c1ccc(C(F)(F)F)cc1OCOC.[OH-].[OH-]. The maximum atomic E-state index is 12.3. The Balaban J connectivity index is 0. The Labute approximate surface area is 97.4 Å². The fourth-order valence-electron chi connectivity index (χ4n) is 0.958. The first kappa shape index (κ1) is 18.1. The van der Waals surface area contributed by atoms with Crippen LogP contribution in [0.25, 0.3) is 0 Å². The summed E-state index contributed by atoms with van der Waals surface area (Å²) >= 11 is 0. The van der Waals surface area contributed by atoms with Crippen LogP contribution in [0.1, 0.15) is 5.56 Å². The molecule has 8 heteroatoms. The standard InChI is InChI=1S/C9H8BF3O2.2H2O/c1-14-5-15-8-4-6(9(11,12)13)2-3-7(8)10;;/h2-4H,5H2,1H3;2*1H2/q+2;;/p-2. The third kappa shape index (κ3) is 5.07. The van der Waals surface area contributed by atoms with E-state index in [1.165, 1.54) is 7.11 Å². The van der Waals surface area contributed by atoms with Crippen LogP contribution >= 0.6 is 0 Å². The van der Waals surface area contributed by atoms with Crippen molar-refractivity contribution in [1.82, 2.24) is 0 Å². The monoisotopic (exact) mass is 250 g/mol. The zero-order valence-electron chi connectivity index (χ0n) is 8.86. The van der Waals surface area contributed by atoms with Gasteiger partial charge in [0.15, 0.2) is 0 Å². The van der Waals surface area contributed by atoms with Gasteiger partial charge in [-0.25, -0.2) is 0 Å². The van der Waals surface area contributed by atoms with Crippen molar-refractivity contribution in [2.75, 3.05) is 13.9 Å². The molecule has 0 fully saturated rings. The van der Waals surface area contributed by atoms with E-state index in [4.69, 9.17) is 12.6 Å². The summed E-state index contributed by atoms with van der Waals surface area (Å²) < 4.78 is 46.3. The summed E-state index contributed by atoms with van der Waals surface area (Å²) in [4.78, 5) is 0. The number of halogens is 3. The molecule has 0 amide bonds. The van der Waals surface area contributed by atoms with E-state index in [1.807, 2.05) is 0 Å². The molecule has 1 aromatic carbocycles. The van der Waals surface area contributed by atoms with E-state index in [9.17, 15) is 13.2 Å². The Morgan fingerprint density at radius 2 is 1.82 bits per heavy atom. The number of hydrogen-bond acceptors (Lipinski definition) is 4. The van der Waals surface area contributed by atoms with E-state index in [-0.39, 0.29) is 29.0 Å². The average molecular weight is 250 g/mol. The summed E-state index contributed by atoms with van der Waals surface area (Å²) in [5, 5.41) is 0. The summed E-state index contributed by atoms with van der Waals surface area (Å²) in [7, 11) is 6.79. The molecule has 0 atom stereocenters. The normalized spacial score (nSPS) is 10.2. The van der Waals surface area contributed by atoms with Crippen molar-refractivity contribution in [3.8, 4) is 5.75 Å². The van der Waals surface area contributed by atoms with Gasteiger partial charge in [0.05, 0.1) is 0 Å². The van der Waals surface area contributed by atoms with Gasteiger partial charge in [0.25, 0.3) is 0 Å². The Morgan fingerprint density at radius 3 is 2.29 bits per heavy atom. The van der Waals surface area contributed by atoms with E-state index in [1.54, 1.807) is 0 Å². The van der Waals surface area contributed by atoms with Crippen LogP contribution in [0.5, 0.6) is 5.75 Å². The summed E-state index contributed by atoms with van der Waals surface area (Å²) in [5.41, 5.74) is -0.664. The van der Waals surface area contributed by atoms with Crippen LogP contribution in [0, 0.1) is 0 Å². The van der Waals surface area contributed by atoms with Crippen molar-refractivity contribution in [1.29, 1.82) is 0 Å². The molecule has 0 bridgehead atoms. The molecule has 0 aromatic heterocycles. The molecule has 94 valence electrons. The number of rotatable bonds is 3. The largest absolute Gasteiger partial charge is 0.870 e. The smallest absolute Gasteiger partial charge is 0.870 e. The minimum atomic E-state index is -4.40. The third-order valence-electron chi connectivity index (χ3n) is 1.67. The van der Waals surface area contributed by atoms with E-state index in [0.717, 1.165) is 18.2 Å². The van der Waals surface area contributed by atoms with Crippen LogP contribution < -0.4 is 10.2 Å². The molecule has 17 heavy (non-hydrogen) atoms. The first-order chi connectivity index (χ1) is 6.95. The molecule has 4 nitrogen and oxygen atoms in total. The van der Waals surface area contributed by atoms with Gasteiger partial charge >= 0.3 is 85.5 Å². The Kier molecular flexibility index (Phi) is 7.63. The first-order valence-corrected chi connectivity index (χ1v) is 4.03. The molecule has 0 unspecified atom stereocenters. The van der Waals surface area contributed by atoms with E-state index in [0.29, 0.717) is 0 Å². The summed E-state index contributed by atoms with van der Waals surface area (Å²) in [6, 6.07) is 2.89. The van der Waals surface area contributed by atoms with Crippen molar-refractivity contribution in [3.63, 3.8) is 0 Å². The van der Waals surface area contributed by atoms with E-state index < -0.39 is 11.7 Å². The molecule has 0 aliphatic rings. The van der Waals surface area contributed by atoms with Gasteiger partial charge in [0.1, 0.15) is 0 Å². The van der Waals surface area contributed by atoms with Gasteiger partial charge in [-0.1, -0.05) is 0 Å². The van der Waals surface area contributed by atoms with Crippen LogP contribution in [-0.4, -0.2) is 32.7 Å². The number of methoxy groups -OCH3 is 1. The molecular weight excluding hydrogens is 240 g/mol. The Bertz CT molecular complexity index is 344. The van der Waals surface area contributed by atoms with Crippen LogP contribution in [0.2, 0.25) is 0 Å². The summed E-state index contributed by atoms with van der Waals surface area (Å²) in [6.45, 7) is -0.147. The maximum absolute atomic E-state index is 12.3. The molecule has 0 saturated carbocycles. The fourth-order valence-corrected chi connectivity index (χ4v) is 0.958. The predicted octanol–water partition coefficient (Wildman–Crippen LogP) is 1.13. The molecule has 0 saturated heterocycles. The fraction of sp³-hybridized carbons (Fsp3) is 0.333. The van der Waals surface area contributed by atoms with Crippen molar-refractivity contribution < 1.29 is 33.6 Å². The van der Waals surface area contributed by atoms with Crippen molar-refractivity contribution >= 4 is 13.3 Å². The van der Waals surface area contributed by atoms with Gasteiger partial charge in [0, 0.05) is 0 Å². The van der Waals surface area contributed by atoms with Crippen LogP contribution in [0.3, 0.4) is 0 Å². The van der Waals surface area contributed by atoms with Gasteiger partial charge in [-0.2, -0.15) is 0 Å². The van der Waals surface area contributed by atoms with Gasteiger partial charge in [-0.05, 0) is 0 Å². The number of benzene rings is 1. The van der Waals surface area contributed by atoms with Gasteiger partial charge in [-0.3, -0.25) is 0 Å². The average Bonchev–Trinajstić information content (AvgIpc) is 2.15. The van der Waals surface area contributed by atoms with Gasteiger partial charge in [-0.15, -0.1) is 0 Å². The van der Waals surface area contributed by atoms with Gasteiger partial charge in [0.2, 0.25) is 0 Å². The zero-order chi connectivity index (χ0) is 11.5. The molecule has 0 radical (unpaired) electrons. The van der Waals surface area contributed by atoms with Crippen molar-refractivity contribution in [3.05, 3.63) is 23.8 Å². The third-order valence-corrected chi connectivity index (χ3v) is 1.67. The molecule has 0 spiro atoms. The molecule has 0 heterocycles. The molecule has 0 aliphatic heterocycles. The minimum absolute atomic E-state index is 0. The van der Waals surface area contributed by atoms with E-state index in [2.05, 4.69) is 4.74 Å². The number of ether oxygens (including phenoxy) is 2. The van der Waals surface area contributed by atoms with E-state index >= 15 is 0 Å². The molecule has 1 rings (SSSR count). The number of alkyl halides is 3. The molecule has 1 aromatic rings. The minimum Gasteiger partial charge on any atom is -0.870 e. The van der Waals surface area contributed by atoms with Gasteiger partial charge < -0.3 is 11.0 Å².